The molecule has 0 spiro atoms. The maximum Gasteiger partial charge on any atom is 0.240 e. The average molecular weight is 353 g/mol. The number of benzene rings is 2. The third-order valence-electron chi connectivity index (χ3n) is 3.65. The number of methoxy groups -OCH3 is 2. The normalized spacial score (nSPS) is 12.8. The van der Waals surface area contributed by atoms with Gasteiger partial charge in [0.15, 0.2) is 0 Å². The second-order valence-corrected chi connectivity index (χ2v) is 7.03. The quantitative estimate of drug-likeness (QED) is 0.831. The molecule has 0 saturated heterocycles. The molecule has 0 heterocycles. The van der Waals surface area contributed by atoms with Crippen molar-refractivity contribution in [1.82, 2.24) is 4.72 Å². The molecular formula is C17H20FNO4S. The Balaban J connectivity index is 2.15. The third-order valence-corrected chi connectivity index (χ3v) is 5.07. The van der Waals surface area contributed by atoms with Gasteiger partial charge in [-0.25, -0.2) is 17.5 Å². The van der Waals surface area contributed by atoms with Crippen LogP contribution in [0.15, 0.2) is 47.4 Å². The molecule has 0 aromatic heterocycles. The molecule has 0 aliphatic heterocycles. The summed E-state index contributed by atoms with van der Waals surface area (Å²) >= 11 is 0. The first kappa shape index (κ1) is 18.4. The van der Waals surface area contributed by atoms with Gasteiger partial charge in [0, 0.05) is 13.7 Å². The zero-order valence-electron chi connectivity index (χ0n) is 13.7. The molecule has 130 valence electrons. The largest absolute Gasteiger partial charge is 0.497 e. The molecule has 0 aliphatic carbocycles. The summed E-state index contributed by atoms with van der Waals surface area (Å²) in [5.41, 5.74) is 1.06. The zero-order chi connectivity index (χ0) is 17.7. The number of aryl methyl sites for hydroxylation is 1. The second kappa shape index (κ2) is 7.74. The summed E-state index contributed by atoms with van der Waals surface area (Å²) in [4.78, 5) is 0.0156. The smallest absolute Gasteiger partial charge is 0.240 e. The van der Waals surface area contributed by atoms with Gasteiger partial charge in [0.1, 0.15) is 11.6 Å². The van der Waals surface area contributed by atoms with E-state index in [1.54, 1.807) is 25.3 Å². The molecule has 0 aliphatic rings. The molecule has 0 bridgehead atoms. The Bertz CT molecular complexity index is 808. The van der Waals surface area contributed by atoms with Crippen LogP contribution in [0.4, 0.5) is 4.39 Å². The van der Waals surface area contributed by atoms with Gasteiger partial charge in [-0.15, -0.1) is 0 Å². The monoisotopic (exact) mass is 353 g/mol. The molecular weight excluding hydrogens is 333 g/mol. The number of ether oxygens (including phenoxy) is 2. The molecule has 0 saturated carbocycles. The highest BCUT2D eigenvalue weighted by Crippen LogP contribution is 2.22. The lowest BCUT2D eigenvalue weighted by atomic mass is 10.1. The van der Waals surface area contributed by atoms with Crippen LogP contribution in [0.3, 0.4) is 0 Å². The van der Waals surface area contributed by atoms with Gasteiger partial charge in [-0.05, 0) is 48.4 Å². The predicted octanol–water partition coefficient (Wildman–Crippen LogP) is 2.81. The summed E-state index contributed by atoms with van der Waals surface area (Å²) < 4.78 is 51.0. The minimum absolute atomic E-state index is 0.0156. The maximum absolute atomic E-state index is 13.3. The van der Waals surface area contributed by atoms with E-state index in [9.17, 15) is 12.8 Å². The highest BCUT2D eigenvalue weighted by molar-refractivity contribution is 7.89. The van der Waals surface area contributed by atoms with Gasteiger partial charge in [-0.1, -0.05) is 12.1 Å². The van der Waals surface area contributed by atoms with Crippen molar-refractivity contribution in [1.29, 1.82) is 0 Å². The van der Waals surface area contributed by atoms with Crippen LogP contribution in [-0.4, -0.2) is 29.2 Å². The Labute approximate surface area is 141 Å². The van der Waals surface area contributed by atoms with E-state index in [0.29, 0.717) is 5.75 Å². The highest BCUT2D eigenvalue weighted by Gasteiger charge is 2.19. The SMILES string of the molecule is COc1cccc([C@H](CNS(=O)(=O)c2ccc(F)c(C)c2)OC)c1. The van der Waals surface area contributed by atoms with Crippen molar-refractivity contribution in [3.8, 4) is 5.75 Å². The molecule has 2 aromatic carbocycles. The lowest BCUT2D eigenvalue weighted by molar-refractivity contribution is 0.107. The molecule has 7 heteroatoms. The number of sulfonamides is 1. The fourth-order valence-electron chi connectivity index (χ4n) is 2.23. The molecule has 24 heavy (non-hydrogen) atoms. The van der Waals surface area contributed by atoms with E-state index in [0.717, 1.165) is 11.6 Å². The first-order valence-corrected chi connectivity index (χ1v) is 8.78. The Morgan fingerprint density at radius 3 is 2.54 bits per heavy atom. The number of halogens is 1. The molecule has 0 fully saturated rings. The lowest BCUT2D eigenvalue weighted by Gasteiger charge is -2.17. The molecule has 1 N–H and O–H groups in total. The van der Waals surface area contributed by atoms with E-state index in [4.69, 9.17) is 9.47 Å². The van der Waals surface area contributed by atoms with Gasteiger partial charge in [0.25, 0.3) is 0 Å². The van der Waals surface area contributed by atoms with Gasteiger partial charge in [0.05, 0.1) is 18.1 Å². The van der Waals surface area contributed by atoms with Gasteiger partial charge in [0.2, 0.25) is 10.0 Å². The summed E-state index contributed by atoms with van der Waals surface area (Å²) in [7, 11) is -0.700. The summed E-state index contributed by atoms with van der Waals surface area (Å²) in [6, 6.07) is 10.9. The summed E-state index contributed by atoms with van der Waals surface area (Å²) in [6.07, 6.45) is -0.476. The number of hydrogen-bond acceptors (Lipinski definition) is 4. The molecule has 2 aromatic rings. The van der Waals surface area contributed by atoms with Crippen molar-refractivity contribution in [3.05, 3.63) is 59.4 Å². The number of hydrogen-bond donors (Lipinski definition) is 1. The van der Waals surface area contributed by atoms with Crippen LogP contribution in [-0.2, 0) is 14.8 Å². The Hall–Kier alpha value is -1.96. The molecule has 2 rings (SSSR count). The van der Waals surface area contributed by atoms with Gasteiger partial charge in [-0.3, -0.25) is 0 Å². The first-order valence-electron chi connectivity index (χ1n) is 7.30. The maximum atomic E-state index is 13.3. The van der Waals surface area contributed by atoms with Crippen molar-refractivity contribution in [2.75, 3.05) is 20.8 Å². The predicted molar refractivity (Wildman–Crippen MR) is 89.1 cm³/mol. The molecule has 1 atom stereocenters. The van der Waals surface area contributed by atoms with Crippen LogP contribution in [0, 0.1) is 12.7 Å². The second-order valence-electron chi connectivity index (χ2n) is 5.26. The van der Waals surface area contributed by atoms with Crippen molar-refractivity contribution >= 4 is 10.0 Å². The van der Waals surface area contributed by atoms with Crippen LogP contribution < -0.4 is 9.46 Å². The van der Waals surface area contributed by atoms with Crippen LogP contribution in [0.25, 0.3) is 0 Å². The molecule has 0 amide bonds. The minimum Gasteiger partial charge on any atom is -0.497 e. The Morgan fingerprint density at radius 2 is 1.92 bits per heavy atom. The zero-order valence-corrected chi connectivity index (χ0v) is 14.6. The van der Waals surface area contributed by atoms with Crippen LogP contribution >= 0.6 is 0 Å². The van der Waals surface area contributed by atoms with Gasteiger partial charge in [-0.2, -0.15) is 0 Å². The van der Waals surface area contributed by atoms with Crippen LogP contribution in [0.2, 0.25) is 0 Å². The van der Waals surface area contributed by atoms with E-state index in [1.165, 1.54) is 26.2 Å². The summed E-state index contributed by atoms with van der Waals surface area (Å²) in [6.45, 7) is 1.56. The fraction of sp³-hybridized carbons (Fsp3) is 0.294. The van der Waals surface area contributed by atoms with Crippen LogP contribution in [0.1, 0.15) is 17.2 Å². The van der Waals surface area contributed by atoms with Gasteiger partial charge >= 0.3 is 0 Å². The number of rotatable bonds is 7. The van der Waals surface area contributed by atoms with E-state index in [1.807, 2.05) is 6.07 Å². The molecule has 0 unspecified atom stereocenters. The minimum atomic E-state index is -3.76. The van der Waals surface area contributed by atoms with E-state index >= 15 is 0 Å². The number of nitrogens with one attached hydrogen (secondary N) is 1. The van der Waals surface area contributed by atoms with Crippen molar-refractivity contribution in [3.63, 3.8) is 0 Å². The standard InChI is InChI=1S/C17H20FNO4S/c1-12-9-15(7-8-16(12)18)24(20,21)19-11-17(23-3)13-5-4-6-14(10-13)22-2/h4-10,17,19H,11H2,1-3H3/t17-/m0/s1. The third kappa shape index (κ3) is 4.31. The van der Waals surface area contributed by atoms with Crippen molar-refractivity contribution in [2.45, 2.75) is 17.9 Å². The average Bonchev–Trinajstić information content (AvgIpc) is 2.58. The highest BCUT2D eigenvalue weighted by atomic mass is 32.2. The van der Waals surface area contributed by atoms with Gasteiger partial charge < -0.3 is 9.47 Å². The Kier molecular flexibility index (Phi) is 5.93. The van der Waals surface area contributed by atoms with Crippen molar-refractivity contribution < 1.29 is 22.3 Å². The molecule has 0 radical (unpaired) electrons. The molecule has 5 nitrogen and oxygen atoms in total. The van der Waals surface area contributed by atoms with E-state index < -0.39 is 21.9 Å². The van der Waals surface area contributed by atoms with E-state index in [2.05, 4.69) is 4.72 Å². The lowest BCUT2D eigenvalue weighted by Crippen LogP contribution is -2.29. The van der Waals surface area contributed by atoms with Crippen LogP contribution in [0.5, 0.6) is 5.75 Å². The summed E-state index contributed by atoms with van der Waals surface area (Å²) in [5.74, 6) is 0.215. The van der Waals surface area contributed by atoms with Crippen molar-refractivity contribution in [2.24, 2.45) is 0 Å². The van der Waals surface area contributed by atoms with E-state index in [-0.39, 0.29) is 17.0 Å². The fourth-order valence-corrected chi connectivity index (χ4v) is 3.35. The first-order chi connectivity index (χ1) is 11.4. The Morgan fingerprint density at radius 1 is 1.17 bits per heavy atom. The topological polar surface area (TPSA) is 64.6 Å². The summed E-state index contributed by atoms with van der Waals surface area (Å²) in [5, 5.41) is 0.